The molecule has 0 aliphatic carbocycles. The predicted molar refractivity (Wildman–Crippen MR) is 72.9 cm³/mol. The fourth-order valence-corrected chi connectivity index (χ4v) is 2.26. The van der Waals surface area contributed by atoms with Gasteiger partial charge in [-0.25, -0.2) is 4.98 Å². The fraction of sp³-hybridized carbons (Fsp3) is 0.455. The molecule has 1 unspecified atom stereocenters. The average molecular weight is 329 g/mol. The molecule has 1 aliphatic heterocycles. The molecular weight excluding hydrogens is 316 g/mol. The van der Waals surface area contributed by atoms with Gasteiger partial charge in [-0.2, -0.15) is 0 Å². The second kappa shape index (κ2) is 5.52. The van der Waals surface area contributed by atoms with E-state index in [2.05, 4.69) is 26.2 Å². The summed E-state index contributed by atoms with van der Waals surface area (Å²) in [6, 6.07) is 1.28. The molecule has 1 atom stereocenters. The van der Waals surface area contributed by atoms with Crippen LogP contribution in [0.25, 0.3) is 0 Å². The van der Waals surface area contributed by atoms with Crippen molar-refractivity contribution in [2.24, 2.45) is 0 Å². The molecule has 102 valence electrons. The van der Waals surface area contributed by atoms with E-state index in [1.54, 1.807) is 11.9 Å². The first kappa shape index (κ1) is 13.7. The van der Waals surface area contributed by atoms with Gasteiger partial charge in [0.15, 0.2) is 0 Å². The summed E-state index contributed by atoms with van der Waals surface area (Å²) in [7, 11) is 1.75. The number of likely N-dealkylation sites (tertiary alicyclic amines) is 1. The van der Waals surface area contributed by atoms with E-state index in [4.69, 9.17) is 0 Å². The summed E-state index contributed by atoms with van der Waals surface area (Å²) < 4.78 is 0.546. The molecule has 2 heterocycles. The Bertz CT molecular complexity index is 523. The van der Waals surface area contributed by atoms with E-state index in [0.717, 1.165) is 6.42 Å². The third-order valence-electron chi connectivity index (χ3n) is 3.03. The van der Waals surface area contributed by atoms with Crippen LogP contribution < -0.4 is 5.32 Å². The predicted octanol–water partition coefficient (Wildman–Crippen LogP) is 1.78. The Kier molecular flexibility index (Phi) is 3.98. The quantitative estimate of drug-likeness (QED) is 0.675. The summed E-state index contributed by atoms with van der Waals surface area (Å²) in [4.78, 5) is 27.7. The maximum atomic E-state index is 11.6. The Morgan fingerprint density at radius 1 is 1.63 bits per heavy atom. The van der Waals surface area contributed by atoms with Crippen LogP contribution in [0.1, 0.15) is 12.8 Å². The highest BCUT2D eigenvalue weighted by Crippen LogP contribution is 2.27. The highest BCUT2D eigenvalue weighted by atomic mass is 79.9. The van der Waals surface area contributed by atoms with Gasteiger partial charge < -0.3 is 10.2 Å². The second-order valence-electron chi connectivity index (χ2n) is 4.43. The van der Waals surface area contributed by atoms with E-state index in [1.807, 2.05) is 0 Å². The third kappa shape index (κ3) is 3.19. The van der Waals surface area contributed by atoms with Gasteiger partial charge in [-0.05, 0) is 22.4 Å². The van der Waals surface area contributed by atoms with Crippen LogP contribution in [0, 0.1) is 10.1 Å². The van der Waals surface area contributed by atoms with Gasteiger partial charge in [-0.1, -0.05) is 0 Å². The number of carbonyl (C=O) groups is 1. The van der Waals surface area contributed by atoms with Crippen LogP contribution in [-0.2, 0) is 4.79 Å². The van der Waals surface area contributed by atoms with Crippen LogP contribution in [-0.4, -0.2) is 40.3 Å². The molecule has 1 saturated heterocycles. The SMILES string of the molecule is CN1CCC(Nc2ncc(Br)cc2[N+](=O)[O-])CC1=O. The van der Waals surface area contributed by atoms with Gasteiger partial charge in [0.05, 0.1) is 4.92 Å². The molecule has 0 aromatic carbocycles. The first-order chi connectivity index (χ1) is 8.97. The Balaban J connectivity index is 2.15. The summed E-state index contributed by atoms with van der Waals surface area (Å²) in [5, 5.41) is 13.9. The zero-order chi connectivity index (χ0) is 14.0. The van der Waals surface area contributed by atoms with E-state index in [0.29, 0.717) is 17.4 Å². The average Bonchev–Trinajstić information content (AvgIpc) is 2.36. The number of nitrogens with zero attached hydrogens (tertiary/aromatic N) is 3. The Morgan fingerprint density at radius 2 is 2.37 bits per heavy atom. The molecule has 1 amide bonds. The lowest BCUT2D eigenvalue weighted by Crippen LogP contribution is -2.41. The number of anilines is 1. The van der Waals surface area contributed by atoms with Gasteiger partial charge in [0, 0.05) is 42.8 Å². The van der Waals surface area contributed by atoms with E-state index >= 15 is 0 Å². The van der Waals surface area contributed by atoms with E-state index in [9.17, 15) is 14.9 Å². The number of hydrogen-bond acceptors (Lipinski definition) is 5. The van der Waals surface area contributed by atoms with Gasteiger partial charge in [-0.15, -0.1) is 0 Å². The molecule has 8 heteroatoms. The highest BCUT2D eigenvalue weighted by Gasteiger charge is 2.26. The second-order valence-corrected chi connectivity index (χ2v) is 5.34. The van der Waals surface area contributed by atoms with Crippen molar-refractivity contribution in [2.45, 2.75) is 18.9 Å². The van der Waals surface area contributed by atoms with Crippen molar-refractivity contribution in [3.8, 4) is 0 Å². The van der Waals surface area contributed by atoms with E-state index in [-0.39, 0.29) is 23.5 Å². The fourth-order valence-electron chi connectivity index (χ4n) is 1.94. The van der Waals surface area contributed by atoms with E-state index in [1.165, 1.54) is 12.3 Å². The minimum atomic E-state index is -0.489. The zero-order valence-electron chi connectivity index (χ0n) is 10.3. The largest absolute Gasteiger partial charge is 0.361 e. The number of piperidine rings is 1. The van der Waals surface area contributed by atoms with Crippen LogP contribution in [0.2, 0.25) is 0 Å². The van der Waals surface area contributed by atoms with Crippen molar-refractivity contribution < 1.29 is 9.72 Å². The molecule has 1 aromatic heterocycles. The molecule has 2 rings (SSSR count). The minimum Gasteiger partial charge on any atom is -0.361 e. The zero-order valence-corrected chi connectivity index (χ0v) is 11.9. The lowest BCUT2D eigenvalue weighted by atomic mass is 10.0. The van der Waals surface area contributed by atoms with Gasteiger partial charge in [0.2, 0.25) is 11.7 Å². The number of carbonyl (C=O) groups excluding carboxylic acids is 1. The molecular formula is C11H13BrN4O3. The maximum Gasteiger partial charge on any atom is 0.312 e. The molecule has 0 saturated carbocycles. The summed E-state index contributed by atoms with van der Waals surface area (Å²) in [5.74, 6) is 0.235. The number of pyridine rings is 1. The number of hydrogen-bond donors (Lipinski definition) is 1. The van der Waals surface area contributed by atoms with Crippen molar-refractivity contribution in [3.63, 3.8) is 0 Å². The van der Waals surface area contributed by atoms with Crippen molar-refractivity contribution in [1.82, 2.24) is 9.88 Å². The molecule has 1 aliphatic rings. The first-order valence-corrected chi connectivity index (χ1v) is 6.57. The van der Waals surface area contributed by atoms with Gasteiger partial charge in [0.25, 0.3) is 0 Å². The molecule has 0 bridgehead atoms. The number of amides is 1. The minimum absolute atomic E-state index is 0.0310. The Morgan fingerprint density at radius 3 is 3.00 bits per heavy atom. The Hall–Kier alpha value is -1.70. The summed E-state index contributed by atoms with van der Waals surface area (Å²) in [6.45, 7) is 0.640. The molecule has 0 spiro atoms. The van der Waals surface area contributed by atoms with Crippen molar-refractivity contribution >= 4 is 33.3 Å². The highest BCUT2D eigenvalue weighted by molar-refractivity contribution is 9.10. The van der Waals surface area contributed by atoms with Crippen LogP contribution in [0.3, 0.4) is 0 Å². The third-order valence-corrected chi connectivity index (χ3v) is 3.47. The Labute approximate surface area is 118 Å². The van der Waals surface area contributed by atoms with Crippen LogP contribution in [0.15, 0.2) is 16.7 Å². The van der Waals surface area contributed by atoms with Crippen LogP contribution in [0.5, 0.6) is 0 Å². The lowest BCUT2D eigenvalue weighted by Gasteiger charge is -2.29. The van der Waals surface area contributed by atoms with Gasteiger partial charge >= 0.3 is 5.69 Å². The van der Waals surface area contributed by atoms with Gasteiger partial charge in [-0.3, -0.25) is 14.9 Å². The van der Waals surface area contributed by atoms with Crippen molar-refractivity contribution in [3.05, 3.63) is 26.9 Å². The number of nitro groups is 1. The molecule has 19 heavy (non-hydrogen) atoms. The monoisotopic (exact) mass is 328 g/mol. The molecule has 1 N–H and O–H groups in total. The molecule has 0 radical (unpaired) electrons. The molecule has 1 aromatic rings. The number of rotatable bonds is 3. The topological polar surface area (TPSA) is 88.4 Å². The normalized spacial score (nSPS) is 19.4. The number of nitrogens with one attached hydrogen (secondary N) is 1. The smallest absolute Gasteiger partial charge is 0.312 e. The van der Waals surface area contributed by atoms with Gasteiger partial charge in [0.1, 0.15) is 0 Å². The summed E-state index contributed by atoms with van der Waals surface area (Å²) >= 11 is 3.15. The van der Waals surface area contributed by atoms with E-state index < -0.39 is 4.92 Å². The molecule has 1 fully saturated rings. The number of halogens is 1. The summed E-state index contributed by atoms with van der Waals surface area (Å²) in [5.41, 5.74) is -0.0965. The maximum absolute atomic E-state index is 11.6. The molecule has 7 nitrogen and oxygen atoms in total. The summed E-state index contributed by atoms with van der Waals surface area (Å²) in [6.07, 6.45) is 2.56. The number of aromatic nitrogens is 1. The van der Waals surface area contributed by atoms with Crippen LogP contribution in [0.4, 0.5) is 11.5 Å². The lowest BCUT2D eigenvalue weighted by molar-refractivity contribution is -0.384. The van der Waals surface area contributed by atoms with Crippen molar-refractivity contribution in [1.29, 1.82) is 0 Å². The van der Waals surface area contributed by atoms with Crippen molar-refractivity contribution in [2.75, 3.05) is 18.9 Å². The van der Waals surface area contributed by atoms with Crippen LogP contribution >= 0.6 is 15.9 Å². The standard InChI is InChI=1S/C11H13BrN4O3/c1-15-3-2-8(5-10(15)17)14-11-9(16(18)19)4-7(12)6-13-11/h4,6,8H,2-3,5H2,1H3,(H,13,14). The first-order valence-electron chi connectivity index (χ1n) is 5.78.